The average molecular weight is 357 g/mol. The first-order valence-electron chi connectivity index (χ1n) is 8.56. The Labute approximate surface area is 149 Å². The van der Waals surface area contributed by atoms with Crippen molar-refractivity contribution in [3.63, 3.8) is 0 Å². The second-order valence-corrected chi connectivity index (χ2v) is 7.77. The van der Waals surface area contributed by atoms with Gasteiger partial charge in [-0.15, -0.1) is 0 Å². The number of rotatable bonds is 5. The number of piperidine rings is 1. The lowest BCUT2D eigenvalue weighted by Gasteiger charge is -2.39. The molecule has 1 fully saturated rings. The molecule has 1 aliphatic heterocycles. The van der Waals surface area contributed by atoms with Crippen LogP contribution in [0.4, 0.5) is 4.79 Å². The molecule has 0 bridgehead atoms. The second-order valence-electron chi connectivity index (χ2n) is 7.77. The van der Waals surface area contributed by atoms with Gasteiger partial charge in [-0.2, -0.15) is 0 Å². The molecule has 0 aliphatic carbocycles. The molecule has 2 atom stereocenters. The van der Waals surface area contributed by atoms with E-state index in [0.717, 1.165) is 0 Å². The summed E-state index contributed by atoms with van der Waals surface area (Å²) >= 11 is 0. The van der Waals surface area contributed by atoms with Gasteiger partial charge in [0, 0.05) is 26.7 Å². The highest BCUT2D eigenvalue weighted by Gasteiger charge is 2.45. The van der Waals surface area contributed by atoms with Gasteiger partial charge in [0.1, 0.15) is 11.6 Å². The van der Waals surface area contributed by atoms with E-state index in [2.05, 4.69) is 0 Å². The van der Waals surface area contributed by atoms with Gasteiger partial charge in [0.15, 0.2) is 0 Å². The highest BCUT2D eigenvalue weighted by atomic mass is 16.6. The van der Waals surface area contributed by atoms with E-state index in [4.69, 9.17) is 4.74 Å². The zero-order valence-corrected chi connectivity index (χ0v) is 16.1. The number of nitrogens with zero attached hydrogens (tertiary/aromatic N) is 3. The zero-order valence-electron chi connectivity index (χ0n) is 16.1. The van der Waals surface area contributed by atoms with Gasteiger partial charge < -0.3 is 19.6 Å². The van der Waals surface area contributed by atoms with Crippen LogP contribution in [0.1, 0.15) is 33.6 Å². The summed E-state index contributed by atoms with van der Waals surface area (Å²) in [6, 6.07) is -1.20. The van der Waals surface area contributed by atoms with Crippen LogP contribution < -0.4 is 0 Å². The molecule has 1 aliphatic rings. The van der Waals surface area contributed by atoms with E-state index in [9.17, 15) is 19.5 Å². The fourth-order valence-electron chi connectivity index (χ4n) is 2.83. The third-order valence-electron chi connectivity index (χ3n) is 4.09. The van der Waals surface area contributed by atoms with E-state index in [1.165, 1.54) is 4.90 Å². The number of aliphatic carboxylic acids is 1. The molecular formula is C17H31N3O5. The van der Waals surface area contributed by atoms with E-state index in [1.807, 2.05) is 19.0 Å². The van der Waals surface area contributed by atoms with Gasteiger partial charge in [0.2, 0.25) is 5.91 Å². The average Bonchev–Trinajstić information content (AvgIpc) is 2.49. The minimum absolute atomic E-state index is 0.248. The van der Waals surface area contributed by atoms with Crippen LogP contribution in [0.2, 0.25) is 0 Å². The number of carbonyl (C=O) groups excluding carboxylic acids is 2. The van der Waals surface area contributed by atoms with Crippen molar-refractivity contribution in [1.82, 2.24) is 14.7 Å². The number of hydrogen-bond acceptors (Lipinski definition) is 5. The normalized spacial score (nSPS) is 21.2. The molecule has 1 heterocycles. The minimum Gasteiger partial charge on any atom is -0.480 e. The first kappa shape index (κ1) is 21.2. The summed E-state index contributed by atoms with van der Waals surface area (Å²) in [5.74, 6) is -2.18. The topological polar surface area (TPSA) is 90.4 Å². The zero-order chi connectivity index (χ0) is 19.4. The van der Waals surface area contributed by atoms with Crippen LogP contribution in [0.15, 0.2) is 0 Å². The lowest BCUT2D eigenvalue weighted by Crippen LogP contribution is -2.57. The summed E-state index contributed by atoms with van der Waals surface area (Å²) < 4.78 is 5.32. The number of ether oxygens (including phenoxy) is 1. The summed E-state index contributed by atoms with van der Waals surface area (Å²) in [4.78, 5) is 41.6. The molecule has 0 saturated carbocycles. The number of carboxylic acid groups (broad SMARTS) is 1. The minimum atomic E-state index is -1.20. The fourth-order valence-corrected chi connectivity index (χ4v) is 2.83. The summed E-state index contributed by atoms with van der Waals surface area (Å²) in [7, 11) is 5.48. The Kier molecular flexibility index (Phi) is 7.22. The van der Waals surface area contributed by atoms with Crippen LogP contribution in [-0.2, 0) is 14.3 Å². The van der Waals surface area contributed by atoms with Gasteiger partial charge in [-0.05, 0) is 47.7 Å². The van der Waals surface area contributed by atoms with Crippen LogP contribution in [0.3, 0.4) is 0 Å². The van der Waals surface area contributed by atoms with Crippen molar-refractivity contribution in [2.24, 2.45) is 5.92 Å². The number of likely N-dealkylation sites (N-methyl/N-ethyl adjacent to an activating group) is 2. The Morgan fingerprint density at radius 2 is 1.76 bits per heavy atom. The molecule has 1 saturated heterocycles. The lowest BCUT2D eigenvalue weighted by molar-refractivity contribution is -0.153. The summed E-state index contributed by atoms with van der Waals surface area (Å²) in [6.45, 7) is 6.63. The van der Waals surface area contributed by atoms with Crippen molar-refractivity contribution in [3.8, 4) is 0 Å². The smallest absolute Gasteiger partial charge is 0.411 e. The van der Waals surface area contributed by atoms with Crippen LogP contribution in [0.25, 0.3) is 0 Å². The first-order valence-corrected chi connectivity index (χ1v) is 8.56. The summed E-state index contributed by atoms with van der Waals surface area (Å²) in [5.41, 5.74) is -0.723. The van der Waals surface area contributed by atoms with Gasteiger partial charge in [0.05, 0.1) is 5.92 Å². The molecule has 1 rings (SSSR count). The van der Waals surface area contributed by atoms with Crippen LogP contribution in [0, 0.1) is 5.92 Å². The van der Waals surface area contributed by atoms with Crippen molar-refractivity contribution in [2.75, 3.05) is 40.8 Å². The number of carboxylic acids is 1. The van der Waals surface area contributed by atoms with Crippen LogP contribution in [-0.4, -0.2) is 90.2 Å². The molecule has 8 heteroatoms. The van der Waals surface area contributed by atoms with E-state index >= 15 is 0 Å². The van der Waals surface area contributed by atoms with E-state index in [1.54, 1.807) is 32.7 Å². The SMILES string of the molecule is CN(C)CCN(C)C(=O)[C@H]1CCCN(C(=O)OC(C)(C)C)[C@H]1C(=O)O. The maximum absolute atomic E-state index is 12.7. The molecule has 1 N–H and O–H groups in total. The van der Waals surface area contributed by atoms with Crippen molar-refractivity contribution in [1.29, 1.82) is 0 Å². The van der Waals surface area contributed by atoms with E-state index < -0.39 is 29.6 Å². The number of carbonyl (C=O) groups is 3. The van der Waals surface area contributed by atoms with Crippen molar-refractivity contribution in [3.05, 3.63) is 0 Å². The molecular weight excluding hydrogens is 326 g/mol. The third-order valence-corrected chi connectivity index (χ3v) is 4.09. The van der Waals surface area contributed by atoms with Crippen LogP contribution in [0.5, 0.6) is 0 Å². The van der Waals surface area contributed by atoms with Crippen molar-refractivity contribution < 1.29 is 24.2 Å². The largest absolute Gasteiger partial charge is 0.480 e. The number of hydrogen-bond donors (Lipinski definition) is 1. The molecule has 0 aromatic heterocycles. The Morgan fingerprint density at radius 1 is 1.16 bits per heavy atom. The van der Waals surface area contributed by atoms with Crippen LogP contribution >= 0.6 is 0 Å². The molecule has 0 radical (unpaired) electrons. The van der Waals surface area contributed by atoms with Gasteiger partial charge in [-0.25, -0.2) is 9.59 Å². The maximum atomic E-state index is 12.7. The molecule has 0 aromatic rings. The molecule has 144 valence electrons. The highest BCUT2D eigenvalue weighted by Crippen LogP contribution is 2.27. The maximum Gasteiger partial charge on any atom is 0.411 e. The predicted octanol–water partition coefficient (Wildman–Crippen LogP) is 1.11. The molecule has 0 spiro atoms. The Balaban J connectivity index is 2.93. The monoisotopic (exact) mass is 357 g/mol. The Hall–Kier alpha value is -1.83. The molecule has 0 aromatic carbocycles. The summed E-state index contributed by atoms with van der Waals surface area (Å²) in [5, 5.41) is 9.65. The third kappa shape index (κ3) is 6.19. The fraction of sp³-hybridized carbons (Fsp3) is 0.824. The number of likely N-dealkylation sites (tertiary alicyclic amines) is 1. The molecule has 25 heavy (non-hydrogen) atoms. The molecule has 8 nitrogen and oxygen atoms in total. The highest BCUT2D eigenvalue weighted by molar-refractivity contribution is 5.89. The first-order chi connectivity index (χ1) is 11.4. The molecule has 0 unspecified atom stereocenters. The standard InChI is InChI=1S/C17H31N3O5/c1-17(2,3)25-16(24)20-9-7-8-12(13(20)15(22)23)14(21)19(6)11-10-18(4)5/h12-13H,7-11H2,1-6H3,(H,22,23)/t12-,13+/m0/s1. The van der Waals surface area contributed by atoms with Crippen molar-refractivity contribution in [2.45, 2.75) is 45.3 Å². The van der Waals surface area contributed by atoms with E-state index in [-0.39, 0.29) is 12.5 Å². The Morgan fingerprint density at radius 3 is 2.24 bits per heavy atom. The van der Waals surface area contributed by atoms with Gasteiger partial charge in [-0.3, -0.25) is 9.69 Å². The summed E-state index contributed by atoms with van der Waals surface area (Å²) in [6.07, 6.45) is 0.330. The number of amides is 2. The molecule has 2 amide bonds. The van der Waals surface area contributed by atoms with Crippen molar-refractivity contribution >= 4 is 18.0 Å². The second kappa shape index (κ2) is 8.51. The van der Waals surface area contributed by atoms with Gasteiger partial charge >= 0.3 is 12.1 Å². The quantitative estimate of drug-likeness (QED) is 0.793. The van der Waals surface area contributed by atoms with E-state index in [0.29, 0.717) is 25.9 Å². The van der Waals surface area contributed by atoms with Gasteiger partial charge in [-0.1, -0.05) is 0 Å². The van der Waals surface area contributed by atoms with Gasteiger partial charge in [0.25, 0.3) is 0 Å². The Bertz CT molecular complexity index is 501. The lowest BCUT2D eigenvalue weighted by atomic mass is 9.88. The predicted molar refractivity (Wildman–Crippen MR) is 93.3 cm³/mol.